The smallest absolute Gasteiger partial charge is 0.327 e. The molecule has 210 valence electrons. The zero-order chi connectivity index (χ0) is 29.2. The molecule has 3 amide bonds. The first-order valence-corrected chi connectivity index (χ1v) is 14.8. The van der Waals surface area contributed by atoms with Gasteiger partial charge in [0.2, 0.25) is 0 Å². The molecule has 0 heterocycles. The van der Waals surface area contributed by atoms with Crippen LogP contribution in [0.4, 0.5) is 4.79 Å². The number of rotatable bonds is 11. The maximum absolute atomic E-state index is 13.4. The van der Waals surface area contributed by atoms with Crippen LogP contribution in [0.15, 0.2) is 103 Å². The number of carbonyl (C=O) groups excluding carboxylic acids is 2. The van der Waals surface area contributed by atoms with Gasteiger partial charge in [-0.1, -0.05) is 103 Å². The van der Waals surface area contributed by atoms with Gasteiger partial charge >= 0.3 is 12.0 Å². The molecule has 1 atom stereocenters. The maximum Gasteiger partial charge on any atom is 0.327 e. The fourth-order valence-corrected chi connectivity index (χ4v) is 5.72. The molecule has 0 radical (unpaired) electrons. The summed E-state index contributed by atoms with van der Waals surface area (Å²) in [5.74, 6) is -0.962. The molecule has 0 saturated heterocycles. The molecule has 0 aliphatic carbocycles. The third kappa shape index (κ3) is 7.78. The van der Waals surface area contributed by atoms with E-state index in [0.717, 1.165) is 32.7 Å². The van der Waals surface area contributed by atoms with Gasteiger partial charge in [0.15, 0.2) is 0 Å². The van der Waals surface area contributed by atoms with Crippen LogP contribution in [-0.4, -0.2) is 46.3 Å². The molecule has 8 heteroatoms. The second-order valence-electron chi connectivity index (χ2n) is 9.40. The number of thioether (sulfide) groups is 1. The van der Waals surface area contributed by atoms with Crippen molar-refractivity contribution in [1.29, 1.82) is 0 Å². The van der Waals surface area contributed by atoms with Crippen LogP contribution in [0.2, 0.25) is 5.02 Å². The molecule has 0 saturated carbocycles. The Bertz CT molecular complexity index is 1510. The number of hydrogen-bond acceptors (Lipinski definition) is 4. The Morgan fingerprint density at radius 3 is 2.22 bits per heavy atom. The van der Waals surface area contributed by atoms with Crippen molar-refractivity contribution >= 4 is 41.3 Å². The number of amides is 3. The molecule has 0 bridgehead atoms. The van der Waals surface area contributed by atoms with Gasteiger partial charge in [-0.3, -0.25) is 9.69 Å². The van der Waals surface area contributed by atoms with E-state index in [1.165, 1.54) is 11.8 Å². The highest BCUT2D eigenvalue weighted by Gasteiger charge is 2.27. The van der Waals surface area contributed by atoms with Gasteiger partial charge in [-0.05, 0) is 46.9 Å². The normalized spacial score (nSPS) is 11.5. The van der Waals surface area contributed by atoms with Crippen LogP contribution in [0.5, 0.6) is 0 Å². The number of carboxylic acids is 1. The van der Waals surface area contributed by atoms with Gasteiger partial charge in [0, 0.05) is 34.2 Å². The summed E-state index contributed by atoms with van der Waals surface area (Å²) in [7, 11) is 0. The van der Waals surface area contributed by atoms with E-state index in [4.69, 9.17) is 11.6 Å². The van der Waals surface area contributed by atoms with Crippen LogP contribution >= 0.6 is 23.4 Å². The molecule has 0 aliphatic heterocycles. The van der Waals surface area contributed by atoms with Gasteiger partial charge < -0.3 is 10.4 Å². The Kier molecular flexibility index (Phi) is 10.6. The first-order chi connectivity index (χ1) is 19.9. The number of benzene rings is 4. The van der Waals surface area contributed by atoms with Crippen LogP contribution < -0.4 is 5.32 Å². The van der Waals surface area contributed by atoms with Crippen LogP contribution in [-0.2, 0) is 10.5 Å². The number of nitrogens with one attached hydrogen (secondary N) is 1. The first kappa shape index (κ1) is 29.9. The molecule has 2 N–H and O–H groups in total. The van der Waals surface area contributed by atoms with Crippen molar-refractivity contribution in [1.82, 2.24) is 10.2 Å². The van der Waals surface area contributed by atoms with E-state index < -0.39 is 23.9 Å². The monoisotopic (exact) mass is 586 g/mol. The summed E-state index contributed by atoms with van der Waals surface area (Å²) >= 11 is 7.76. The molecule has 4 aromatic rings. The molecule has 4 aromatic carbocycles. The largest absolute Gasteiger partial charge is 0.480 e. The molecular formula is C33H31ClN2O4S. The highest BCUT2D eigenvalue weighted by atomic mass is 35.5. The van der Waals surface area contributed by atoms with Gasteiger partial charge in [-0.25, -0.2) is 9.59 Å². The van der Waals surface area contributed by atoms with Crippen LogP contribution in [0.1, 0.15) is 29.3 Å². The van der Waals surface area contributed by atoms with E-state index in [1.54, 1.807) is 24.3 Å². The van der Waals surface area contributed by atoms with E-state index in [1.807, 2.05) is 85.8 Å². The minimum atomic E-state index is -1.17. The second kappa shape index (κ2) is 14.5. The lowest BCUT2D eigenvalue weighted by Crippen LogP contribution is -2.51. The summed E-state index contributed by atoms with van der Waals surface area (Å²) in [5.41, 5.74) is 5.06. The average molecular weight is 587 g/mol. The average Bonchev–Trinajstić information content (AvgIpc) is 3.00. The Morgan fingerprint density at radius 1 is 0.854 bits per heavy atom. The molecule has 0 aromatic heterocycles. The lowest BCUT2D eigenvalue weighted by molar-refractivity contribution is -0.138. The quantitative estimate of drug-likeness (QED) is 0.189. The number of nitrogens with zero attached hydrogens (tertiary/aromatic N) is 1. The molecule has 0 aliphatic rings. The Balaban J connectivity index is 1.45. The van der Waals surface area contributed by atoms with Crippen molar-refractivity contribution in [3.05, 3.63) is 119 Å². The topological polar surface area (TPSA) is 86.7 Å². The summed E-state index contributed by atoms with van der Waals surface area (Å²) in [6.07, 6.45) is 0.520. The summed E-state index contributed by atoms with van der Waals surface area (Å²) in [6, 6.07) is 30.3. The first-order valence-electron chi connectivity index (χ1n) is 13.3. The van der Waals surface area contributed by atoms with Gasteiger partial charge in [0.25, 0.3) is 5.91 Å². The third-order valence-corrected chi connectivity index (χ3v) is 7.89. The minimum Gasteiger partial charge on any atom is -0.480 e. The van der Waals surface area contributed by atoms with Crippen molar-refractivity contribution in [2.24, 2.45) is 0 Å². The second-order valence-corrected chi connectivity index (χ2v) is 10.8. The predicted molar refractivity (Wildman–Crippen MR) is 166 cm³/mol. The Labute approximate surface area is 249 Å². The van der Waals surface area contributed by atoms with E-state index in [0.29, 0.717) is 22.8 Å². The maximum atomic E-state index is 13.4. The van der Waals surface area contributed by atoms with Gasteiger partial charge in [0.05, 0.1) is 0 Å². The zero-order valence-corrected chi connectivity index (χ0v) is 24.2. The Hall–Kier alpha value is -4.07. The van der Waals surface area contributed by atoms with Crippen molar-refractivity contribution in [3.63, 3.8) is 0 Å². The van der Waals surface area contributed by atoms with E-state index in [2.05, 4.69) is 5.32 Å². The summed E-state index contributed by atoms with van der Waals surface area (Å²) in [6.45, 7) is 1.99. The van der Waals surface area contributed by atoms with Gasteiger partial charge in [-0.15, -0.1) is 0 Å². The number of aliphatic carboxylic acids is 1. The van der Waals surface area contributed by atoms with Crippen molar-refractivity contribution in [3.8, 4) is 22.3 Å². The highest BCUT2D eigenvalue weighted by Crippen LogP contribution is 2.29. The molecule has 4 rings (SSSR count). The van der Waals surface area contributed by atoms with Crippen molar-refractivity contribution in [2.75, 3.05) is 12.3 Å². The van der Waals surface area contributed by atoms with Gasteiger partial charge in [-0.2, -0.15) is 11.8 Å². The number of urea groups is 1. The van der Waals surface area contributed by atoms with Crippen molar-refractivity contribution < 1.29 is 19.5 Å². The number of imide groups is 1. The predicted octanol–water partition coefficient (Wildman–Crippen LogP) is 7.62. The van der Waals surface area contributed by atoms with Crippen LogP contribution in [0.3, 0.4) is 0 Å². The molecule has 0 unspecified atom stereocenters. The molecule has 0 fully saturated rings. The number of carboxylic acid groups (broad SMARTS) is 1. The van der Waals surface area contributed by atoms with E-state index in [-0.39, 0.29) is 12.3 Å². The van der Waals surface area contributed by atoms with E-state index >= 15 is 0 Å². The molecule has 0 spiro atoms. The molecule has 41 heavy (non-hydrogen) atoms. The Morgan fingerprint density at radius 2 is 1.51 bits per heavy atom. The van der Waals surface area contributed by atoms with Crippen LogP contribution in [0, 0.1) is 0 Å². The fraction of sp³-hybridized carbons (Fsp3) is 0.182. The fourth-order valence-electron chi connectivity index (χ4n) is 4.42. The lowest BCUT2D eigenvalue weighted by Gasteiger charge is -2.23. The highest BCUT2D eigenvalue weighted by molar-refractivity contribution is 7.98. The molecular weight excluding hydrogens is 556 g/mol. The lowest BCUT2D eigenvalue weighted by atomic mass is 10.0. The summed E-state index contributed by atoms with van der Waals surface area (Å²) in [5, 5.41) is 13.0. The SMILES string of the molecule is CCCN(C(=O)N[C@@H](CSCc1ccccc1-c1ccccc1)C(=O)O)C(=O)c1cccc(-c2ccccc2Cl)c1. The van der Waals surface area contributed by atoms with Crippen LogP contribution in [0.25, 0.3) is 22.3 Å². The van der Waals surface area contributed by atoms with E-state index in [9.17, 15) is 19.5 Å². The number of halogens is 1. The van der Waals surface area contributed by atoms with Gasteiger partial charge in [0.1, 0.15) is 6.04 Å². The zero-order valence-electron chi connectivity index (χ0n) is 22.6. The number of hydrogen-bond donors (Lipinski definition) is 2. The molecule has 6 nitrogen and oxygen atoms in total. The summed E-state index contributed by atoms with van der Waals surface area (Å²) in [4.78, 5) is 39.8. The summed E-state index contributed by atoms with van der Waals surface area (Å²) < 4.78 is 0. The standard InChI is InChI=1S/C33H31ClN2O4S/c1-2-19-36(31(37)25-15-10-14-24(20-25)28-17-8-9-18-29(28)34)33(40)35-30(32(38)39)22-41-21-26-13-6-7-16-27(26)23-11-4-3-5-12-23/h3-18,20,30H,2,19,21-22H2,1H3,(H,35,40)(H,38,39)/t30-/m0/s1. The third-order valence-electron chi connectivity index (χ3n) is 6.47. The minimum absolute atomic E-state index is 0.139. The van der Waals surface area contributed by atoms with Crippen molar-refractivity contribution in [2.45, 2.75) is 25.1 Å². The number of carbonyl (C=O) groups is 3.